The van der Waals surface area contributed by atoms with Gasteiger partial charge in [-0.3, -0.25) is 0 Å². The van der Waals surface area contributed by atoms with Gasteiger partial charge in [-0.05, 0) is 23.7 Å². The summed E-state index contributed by atoms with van der Waals surface area (Å²) < 4.78 is 5.59. The largest absolute Gasteiger partial charge is 0.437 e. The first-order valence-electron chi connectivity index (χ1n) is 5.29. The van der Waals surface area contributed by atoms with E-state index in [4.69, 9.17) is 22.1 Å². The Balaban J connectivity index is 2.28. The van der Waals surface area contributed by atoms with E-state index in [0.717, 1.165) is 5.69 Å². The zero-order valence-electron chi connectivity index (χ0n) is 10.1. The summed E-state index contributed by atoms with van der Waals surface area (Å²) in [6.45, 7) is 0. The number of nitrogen functional groups attached to an aromatic ring is 1. The SMILES string of the molecule is CN(C)c1cccc(Oc2nc(Cl)ncc2N)c1. The van der Waals surface area contributed by atoms with Crippen molar-refractivity contribution in [3.63, 3.8) is 0 Å². The van der Waals surface area contributed by atoms with Gasteiger partial charge in [0.25, 0.3) is 0 Å². The monoisotopic (exact) mass is 264 g/mol. The molecule has 2 aromatic rings. The molecule has 0 amide bonds. The predicted octanol–water partition coefficient (Wildman–Crippen LogP) is 2.57. The summed E-state index contributed by atoms with van der Waals surface area (Å²) in [5.41, 5.74) is 7.08. The summed E-state index contributed by atoms with van der Waals surface area (Å²) in [6.07, 6.45) is 1.42. The van der Waals surface area contributed by atoms with Crippen molar-refractivity contribution in [2.45, 2.75) is 0 Å². The fourth-order valence-electron chi connectivity index (χ4n) is 1.37. The summed E-state index contributed by atoms with van der Waals surface area (Å²) in [4.78, 5) is 9.68. The van der Waals surface area contributed by atoms with Gasteiger partial charge < -0.3 is 15.4 Å². The second kappa shape index (κ2) is 5.10. The standard InChI is InChI=1S/C12H13ClN4O/c1-17(2)8-4-3-5-9(6-8)18-11-10(14)7-15-12(13)16-11/h3-7H,14H2,1-2H3. The van der Waals surface area contributed by atoms with Crippen LogP contribution >= 0.6 is 11.6 Å². The van der Waals surface area contributed by atoms with Crippen molar-refractivity contribution in [3.8, 4) is 11.6 Å². The number of benzene rings is 1. The highest BCUT2D eigenvalue weighted by molar-refractivity contribution is 6.28. The number of ether oxygens (including phenoxy) is 1. The van der Waals surface area contributed by atoms with Crippen molar-refractivity contribution in [1.29, 1.82) is 0 Å². The Bertz CT molecular complexity index is 560. The molecule has 0 unspecified atom stereocenters. The molecule has 0 radical (unpaired) electrons. The Kier molecular flexibility index (Phi) is 3.53. The Morgan fingerprint density at radius 3 is 2.83 bits per heavy atom. The summed E-state index contributed by atoms with van der Waals surface area (Å²) >= 11 is 5.70. The molecule has 2 rings (SSSR count). The van der Waals surface area contributed by atoms with Gasteiger partial charge in [0, 0.05) is 25.8 Å². The lowest BCUT2D eigenvalue weighted by Gasteiger charge is -2.14. The predicted molar refractivity (Wildman–Crippen MR) is 72.3 cm³/mol. The first kappa shape index (κ1) is 12.4. The third-order valence-electron chi connectivity index (χ3n) is 2.30. The molecule has 94 valence electrons. The van der Waals surface area contributed by atoms with E-state index in [1.165, 1.54) is 6.20 Å². The lowest BCUT2D eigenvalue weighted by molar-refractivity contribution is 0.464. The Labute approximate surface area is 110 Å². The number of hydrogen-bond donors (Lipinski definition) is 1. The third kappa shape index (κ3) is 2.81. The quantitative estimate of drug-likeness (QED) is 0.863. The number of rotatable bonds is 3. The van der Waals surface area contributed by atoms with Gasteiger partial charge in [0.1, 0.15) is 11.4 Å². The van der Waals surface area contributed by atoms with Crippen molar-refractivity contribution in [2.24, 2.45) is 0 Å². The van der Waals surface area contributed by atoms with Crippen LogP contribution in [0.2, 0.25) is 5.28 Å². The summed E-state index contributed by atoms with van der Waals surface area (Å²) in [5, 5.41) is 0.1000. The first-order chi connectivity index (χ1) is 8.56. The molecule has 5 nitrogen and oxygen atoms in total. The van der Waals surface area contributed by atoms with Crippen LogP contribution in [0.15, 0.2) is 30.5 Å². The highest BCUT2D eigenvalue weighted by Gasteiger charge is 2.07. The molecule has 1 aromatic heterocycles. The maximum Gasteiger partial charge on any atom is 0.247 e. The summed E-state index contributed by atoms with van der Waals surface area (Å²) in [5.74, 6) is 0.897. The molecule has 0 bridgehead atoms. The smallest absolute Gasteiger partial charge is 0.247 e. The minimum atomic E-state index is 0.1000. The Hall–Kier alpha value is -2.01. The molecular weight excluding hydrogens is 252 g/mol. The van der Waals surface area contributed by atoms with Crippen LogP contribution in [0.5, 0.6) is 11.6 Å². The molecule has 0 aliphatic carbocycles. The van der Waals surface area contributed by atoms with Gasteiger partial charge in [-0.15, -0.1) is 0 Å². The van der Waals surface area contributed by atoms with Gasteiger partial charge in [-0.1, -0.05) is 6.07 Å². The van der Waals surface area contributed by atoms with Crippen molar-refractivity contribution in [2.75, 3.05) is 24.7 Å². The van der Waals surface area contributed by atoms with Gasteiger partial charge in [0.15, 0.2) is 0 Å². The van der Waals surface area contributed by atoms with E-state index in [-0.39, 0.29) is 11.2 Å². The normalized spacial score (nSPS) is 10.2. The molecule has 0 aliphatic rings. The minimum absolute atomic E-state index is 0.1000. The van der Waals surface area contributed by atoms with E-state index in [1.54, 1.807) is 0 Å². The fourth-order valence-corrected chi connectivity index (χ4v) is 1.50. The van der Waals surface area contributed by atoms with E-state index in [9.17, 15) is 0 Å². The van der Waals surface area contributed by atoms with E-state index in [0.29, 0.717) is 11.4 Å². The molecule has 0 saturated carbocycles. The number of nitrogens with zero attached hydrogens (tertiary/aromatic N) is 3. The van der Waals surface area contributed by atoms with Crippen molar-refractivity contribution >= 4 is 23.0 Å². The van der Waals surface area contributed by atoms with Crippen LogP contribution in [-0.2, 0) is 0 Å². The highest BCUT2D eigenvalue weighted by Crippen LogP contribution is 2.27. The van der Waals surface area contributed by atoms with Crippen LogP contribution in [0.25, 0.3) is 0 Å². The molecule has 0 spiro atoms. The first-order valence-corrected chi connectivity index (χ1v) is 5.67. The minimum Gasteiger partial charge on any atom is -0.437 e. The number of nitrogens with two attached hydrogens (primary N) is 1. The van der Waals surface area contributed by atoms with Gasteiger partial charge in [-0.25, -0.2) is 4.98 Å². The zero-order valence-corrected chi connectivity index (χ0v) is 10.8. The number of aromatic nitrogens is 2. The Morgan fingerprint density at radius 1 is 1.33 bits per heavy atom. The molecule has 0 atom stereocenters. The molecule has 2 N–H and O–H groups in total. The van der Waals surface area contributed by atoms with Gasteiger partial charge in [0.2, 0.25) is 11.2 Å². The van der Waals surface area contributed by atoms with Crippen LogP contribution < -0.4 is 15.4 Å². The average molecular weight is 265 g/mol. The maximum absolute atomic E-state index is 5.72. The van der Waals surface area contributed by atoms with Gasteiger partial charge in [0.05, 0.1) is 6.20 Å². The third-order valence-corrected chi connectivity index (χ3v) is 2.48. The topological polar surface area (TPSA) is 64.3 Å². The van der Waals surface area contributed by atoms with E-state index < -0.39 is 0 Å². The number of halogens is 1. The average Bonchev–Trinajstić information content (AvgIpc) is 2.34. The molecule has 0 saturated heterocycles. The van der Waals surface area contributed by atoms with Crippen LogP contribution in [0.3, 0.4) is 0 Å². The summed E-state index contributed by atoms with van der Waals surface area (Å²) in [6, 6.07) is 7.57. The van der Waals surface area contributed by atoms with E-state index >= 15 is 0 Å². The highest BCUT2D eigenvalue weighted by atomic mass is 35.5. The molecule has 1 heterocycles. The van der Waals surface area contributed by atoms with Gasteiger partial charge in [-0.2, -0.15) is 4.98 Å². The molecule has 1 aromatic carbocycles. The maximum atomic E-state index is 5.72. The second-order valence-electron chi connectivity index (χ2n) is 3.89. The van der Waals surface area contributed by atoms with E-state index in [1.807, 2.05) is 43.3 Å². The molecule has 6 heteroatoms. The van der Waals surface area contributed by atoms with E-state index in [2.05, 4.69) is 9.97 Å². The molecule has 18 heavy (non-hydrogen) atoms. The second-order valence-corrected chi connectivity index (χ2v) is 4.23. The summed E-state index contributed by atoms with van der Waals surface area (Å²) in [7, 11) is 3.91. The number of anilines is 2. The molecular formula is C12H13ClN4O. The Morgan fingerprint density at radius 2 is 2.11 bits per heavy atom. The van der Waals surface area contributed by atoms with Crippen LogP contribution in [0.1, 0.15) is 0 Å². The van der Waals surface area contributed by atoms with Gasteiger partial charge >= 0.3 is 0 Å². The molecule has 0 aliphatic heterocycles. The van der Waals surface area contributed by atoms with Crippen molar-refractivity contribution in [3.05, 3.63) is 35.7 Å². The van der Waals surface area contributed by atoms with Crippen molar-refractivity contribution < 1.29 is 4.74 Å². The molecule has 0 fully saturated rings. The lowest BCUT2D eigenvalue weighted by atomic mass is 10.3. The van der Waals surface area contributed by atoms with Crippen molar-refractivity contribution in [1.82, 2.24) is 9.97 Å². The lowest BCUT2D eigenvalue weighted by Crippen LogP contribution is -2.08. The fraction of sp³-hybridized carbons (Fsp3) is 0.167. The van der Waals surface area contributed by atoms with Crippen LogP contribution in [-0.4, -0.2) is 24.1 Å². The van der Waals surface area contributed by atoms with Crippen LogP contribution in [0.4, 0.5) is 11.4 Å². The van der Waals surface area contributed by atoms with Crippen LogP contribution in [0, 0.1) is 0 Å². The number of hydrogen-bond acceptors (Lipinski definition) is 5. The zero-order chi connectivity index (χ0) is 13.1.